The summed E-state index contributed by atoms with van der Waals surface area (Å²) in [6.07, 6.45) is 27.8. The first-order valence-electron chi connectivity index (χ1n) is 17.6. The van der Waals surface area contributed by atoms with E-state index in [0.29, 0.717) is 0 Å². The third kappa shape index (κ3) is 7.71. The van der Waals surface area contributed by atoms with Crippen LogP contribution in [0.2, 0.25) is 0 Å². The van der Waals surface area contributed by atoms with Crippen LogP contribution in [-0.2, 0) is 0 Å². The molecule has 0 saturated carbocycles. The van der Waals surface area contributed by atoms with E-state index in [1.807, 2.05) is 6.08 Å². The Hall–Kier alpha value is -3.74. The molecule has 47 heavy (non-hydrogen) atoms. The van der Waals surface area contributed by atoms with Crippen molar-refractivity contribution in [2.75, 3.05) is 12.3 Å². The summed E-state index contributed by atoms with van der Waals surface area (Å²) < 4.78 is 0. The summed E-state index contributed by atoms with van der Waals surface area (Å²) in [7, 11) is -3.44. The number of rotatable bonds is 16. The number of allylic oxidation sites excluding steroid dienone is 8. The lowest BCUT2D eigenvalue weighted by Gasteiger charge is -2.29. The summed E-state index contributed by atoms with van der Waals surface area (Å²) in [5.41, 5.74) is 6.43. The highest BCUT2D eigenvalue weighted by Gasteiger charge is 2.46. The van der Waals surface area contributed by atoms with Crippen molar-refractivity contribution in [1.29, 1.82) is 0 Å². The molecule has 0 heterocycles. The molecule has 6 rings (SSSR count). The van der Waals surface area contributed by atoms with Crippen molar-refractivity contribution in [3.63, 3.8) is 0 Å². The van der Waals surface area contributed by atoms with E-state index in [2.05, 4.69) is 163 Å². The molecule has 2 aliphatic rings. The van der Waals surface area contributed by atoms with Crippen LogP contribution in [0.1, 0.15) is 57.8 Å². The van der Waals surface area contributed by atoms with Gasteiger partial charge in [0.05, 0.1) is 12.3 Å². The molecule has 0 radical (unpaired) electrons. The minimum atomic E-state index is -1.77. The van der Waals surface area contributed by atoms with Gasteiger partial charge in [-0.3, -0.25) is 0 Å². The van der Waals surface area contributed by atoms with Crippen molar-refractivity contribution in [2.45, 2.75) is 57.8 Å². The SMILES string of the molecule is C1=C=CC([P+](CCCCCCCCC[P+](C2=CCCC=C2)(c2ccccc2)c2ccccc2)(c2ccccc2)c2ccccc2)=CC=1. The monoisotopic (exact) mass is 650 g/mol. The van der Waals surface area contributed by atoms with E-state index in [9.17, 15) is 0 Å². The molecule has 0 aliphatic heterocycles. The van der Waals surface area contributed by atoms with Crippen molar-refractivity contribution >= 4 is 35.7 Å². The summed E-state index contributed by atoms with van der Waals surface area (Å²) in [6, 6.07) is 45.4. The lowest BCUT2D eigenvalue weighted by molar-refractivity contribution is 0.604. The smallest absolute Gasteiger partial charge is 0.0803 e. The fourth-order valence-corrected chi connectivity index (χ4v) is 16.3. The molecule has 0 atom stereocenters. The summed E-state index contributed by atoms with van der Waals surface area (Å²) >= 11 is 0. The molecule has 2 aliphatic carbocycles. The van der Waals surface area contributed by atoms with Gasteiger partial charge in [-0.25, -0.2) is 0 Å². The average Bonchev–Trinajstić information content (AvgIpc) is 3.16. The zero-order chi connectivity index (χ0) is 32.0. The number of benzene rings is 4. The highest BCUT2D eigenvalue weighted by atomic mass is 31.2. The van der Waals surface area contributed by atoms with E-state index in [-0.39, 0.29) is 0 Å². The van der Waals surface area contributed by atoms with Crippen LogP contribution in [0.3, 0.4) is 0 Å². The minimum Gasteiger partial charge on any atom is -0.0803 e. The second-order valence-corrected chi connectivity index (χ2v) is 19.9. The third-order valence-electron chi connectivity index (χ3n) is 9.77. The van der Waals surface area contributed by atoms with E-state index >= 15 is 0 Å². The van der Waals surface area contributed by atoms with Gasteiger partial charge >= 0.3 is 0 Å². The fourth-order valence-electron chi connectivity index (χ4n) is 7.44. The maximum atomic E-state index is 3.29. The molecule has 0 saturated heterocycles. The fraction of sp³-hybridized carbons (Fsp3) is 0.244. The van der Waals surface area contributed by atoms with Crippen LogP contribution in [-0.4, -0.2) is 12.3 Å². The van der Waals surface area contributed by atoms with Crippen molar-refractivity contribution < 1.29 is 0 Å². The van der Waals surface area contributed by atoms with Crippen molar-refractivity contribution in [3.8, 4) is 0 Å². The molecule has 4 aromatic rings. The molecule has 0 aromatic heterocycles. The Morgan fingerprint density at radius 2 is 0.872 bits per heavy atom. The first kappa shape index (κ1) is 33.2. The molecule has 0 amide bonds. The standard InChI is InChI=1S/C45H48P2/c1(2-4-24-38-46(40-26-12-6-13-27-40,41-28-14-7-15-29-41)42-30-16-8-17-31-42)3-5-25-39-47(43-32-18-9-19-33-43,44-34-20-10-21-35-44)45-36-22-11-23-37-45/h6-7,9-10,12-16,18-22,26-37H,1-5,8,17,24-25,38-39H2/q+2. The highest BCUT2D eigenvalue weighted by molar-refractivity contribution is 7.93. The molecule has 2 heteroatoms. The highest BCUT2D eigenvalue weighted by Crippen LogP contribution is 2.66. The third-order valence-corrected chi connectivity index (χ3v) is 18.8. The number of hydrogen-bond acceptors (Lipinski definition) is 0. The Labute approximate surface area is 284 Å². The second-order valence-electron chi connectivity index (χ2n) is 12.7. The van der Waals surface area contributed by atoms with Crippen LogP contribution in [0.4, 0.5) is 0 Å². The molecule has 0 N–H and O–H groups in total. The molecular formula is C45H48P2+2. The van der Waals surface area contributed by atoms with E-state index in [4.69, 9.17) is 0 Å². The lowest BCUT2D eigenvalue weighted by Crippen LogP contribution is -2.26. The van der Waals surface area contributed by atoms with Gasteiger partial charge in [-0.2, -0.15) is 0 Å². The largest absolute Gasteiger partial charge is 0.113 e. The molecule has 0 bridgehead atoms. The molecule has 0 fully saturated rings. The predicted octanol–water partition coefficient (Wildman–Crippen LogP) is 11.1. The number of hydrogen-bond donors (Lipinski definition) is 0. The van der Waals surface area contributed by atoms with Crippen LogP contribution < -0.4 is 21.2 Å². The first-order chi connectivity index (χ1) is 23.3. The van der Waals surface area contributed by atoms with Crippen molar-refractivity contribution in [1.82, 2.24) is 0 Å². The second kappa shape index (κ2) is 16.9. The van der Waals surface area contributed by atoms with Crippen molar-refractivity contribution in [2.24, 2.45) is 0 Å². The van der Waals surface area contributed by atoms with Gasteiger partial charge in [-0.15, -0.1) is 0 Å². The van der Waals surface area contributed by atoms with Crippen LogP contribution in [0.25, 0.3) is 0 Å². The van der Waals surface area contributed by atoms with Gasteiger partial charge in [0.15, 0.2) is 0 Å². The van der Waals surface area contributed by atoms with Crippen LogP contribution in [0.5, 0.6) is 0 Å². The average molecular weight is 651 g/mol. The van der Waals surface area contributed by atoms with Gasteiger partial charge in [-0.05, 0) is 111 Å². The van der Waals surface area contributed by atoms with Crippen LogP contribution in [0, 0.1) is 0 Å². The van der Waals surface area contributed by atoms with Gasteiger partial charge in [0.1, 0.15) is 46.4 Å². The van der Waals surface area contributed by atoms with E-state index in [1.54, 1.807) is 5.31 Å². The molecule has 0 unspecified atom stereocenters. The van der Waals surface area contributed by atoms with E-state index in [0.717, 1.165) is 12.8 Å². The minimum absolute atomic E-state index is 1.16. The number of unbranched alkanes of at least 4 members (excludes halogenated alkanes) is 6. The Morgan fingerprint density at radius 1 is 0.447 bits per heavy atom. The summed E-state index contributed by atoms with van der Waals surface area (Å²) in [5, 5.41) is 9.00. The maximum absolute atomic E-state index is 3.29. The van der Waals surface area contributed by atoms with E-state index in [1.165, 1.54) is 83.8 Å². The lowest BCUT2D eigenvalue weighted by atomic mass is 10.1. The van der Waals surface area contributed by atoms with Crippen molar-refractivity contribution in [3.05, 3.63) is 180 Å². The van der Waals surface area contributed by atoms with Gasteiger partial charge in [0.25, 0.3) is 0 Å². The quantitative estimate of drug-likeness (QED) is 0.0643. The topological polar surface area (TPSA) is 0 Å². The first-order valence-corrected chi connectivity index (χ1v) is 21.5. The molecule has 4 aromatic carbocycles. The Morgan fingerprint density at radius 3 is 1.26 bits per heavy atom. The Kier molecular flexibility index (Phi) is 11.9. The summed E-state index contributed by atoms with van der Waals surface area (Å²) in [4.78, 5) is 0. The summed E-state index contributed by atoms with van der Waals surface area (Å²) in [5.74, 6) is 0. The van der Waals surface area contributed by atoms with Gasteiger partial charge in [0.2, 0.25) is 0 Å². The maximum Gasteiger partial charge on any atom is 0.113 e. The van der Waals surface area contributed by atoms with Crippen LogP contribution >= 0.6 is 14.5 Å². The summed E-state index contributed by atoms with van der Waals surface area (Å²) in [6.45, 7) is 0. The van der Waals surface area contributed by atoms with E-state index < -0.39 is 14.5 Å². The predicted molar refractivity (Wildman–Crippen MR) is 211 cm³/mol. The molecule has 236 valence electrons. The van der Waals surface area contributed by atoms with Gasteiger partial charge < -0.3 is 0 Å². The Balaban J connectivity index is 1.09. The van der Waals surface area contributed by atoms with Crippen LogP contribution in [0.15, 0.2) is 180 Å². The van der Waals surface area contributed by atoms with Gasteiger partial charge in [-0.1, -0.05) is 110 Å². The normalized spacial score (nSPS) is 14.2. The molecule has 0 spiro atoms. The zero-order valence-corrected chi connectivity index (χ0v) is 29.5. The van der Waals surface area contributed by atoms with Gasteiger partial charge in [0, 0.05) is 6.08 Å². The Bertz CT molecular complexity index is 1670. The molecular weight excluding hydrogens is 602 g/mol. The zero-order valence-electron chi connectivity index (χ0n) is 27.7. The molecule has 0 nitrogen and oxygen atoms in total.